The minimum absolute atomic E-state index is 0.111. The van der Waals surface area contributed by atoms with Crippen LogP contribution in [0.2, 0.25) is 0 Å². The van der Waals surface area contributed by atoms with Crippen LogP contribution in [-0.2, 0) is 4.74 Å². The van der Waals surface area contributed by atoms with Crippen LogP contribution in [0, 0.1) is 0 Å². The second-order valence-electron chi connectivity index (χ2n) is 8.96. The van der Waals surface area contributed by atoms with Gasteiger partial charge in [-0.05, 0) is 63.4 Å². The minimum atomic E-state index is -0.193. The van der Waals surface area contributed by atoms with Crippen molar-refractivity contribution in [2.75, 3.05) is 13.2 Å². The molecule has 31 heavy (non-hydrogen) atoms. The van der Waals surface area contributed by atoms with E-state index < -0.39 is 0 Å². The predicted molar refractivity (Wildman–Crippen MR) is 120 cm³/mol. The van der Waals surface area contributed by atoms with Crippen molar-refractivity contribution in [1.29, 1.82) is 0 Å². The predicted octanol–water partition coefficient (Wildman–Crippen LogP) is 5.50. The third-order valence-corrected chi connectivity index (χ3v) is 6.48. The molecule has 162 valence electrons. The van der Waals surface area contributed by atoms with Crippen molar-refractivity contribution in [2.24, 2.45) is 0 Å². The van der Waals surface area contributed by atoms with E-state index in [0.717, 1.165) is 42.9 Å². The van der Waals surface area contributed by atoms with Crippen molar-refractivity contribution in [2.45, 2.75) is 56.8 Å². The molecule has 2 aliphatic rings. The van der Waals surface area contributed by atoms with E-state index in [4.69, 9.17) is 13.9 Å². The molecule has 0 saturated carbocycles. The highest BCUT2D eigenvalue weighted by molar-refractivity contribution is 5.60. The maximum absolute atomic E-state index is 6.65. The lowest BCUT2D eigenvalue weighted by atomic mass is 9.76. The van der Waals surface area contributed by atoms with Crippen LogP contribution in [0.3, 0.4) is 0 Å². The number of aromatic nitrogens is 1. The average Bonchev–Trinajstić information content (AvgIpc) is 3.46. The summed E-state index contributed by atoms with van der Waals surface area (Å²) in [7, 11) is 0. The third-order valence-electron chi connectivity index (χ3n) is 6.48. The van der Waals surface area contributed by atoms with Crippen LogP contribution in [0.15, 0.2) is 65.5 Å². The first-order valence-electron chi connectivity index (χ1n) is 11.3. The molecule has 5 nitrogen and oxygen atoms in total. The normalized spacial score (nSPS) is 25.9. The highest BCUT2D eigenvalue weighted by Crippen LogP contribution is 2.50. The average molecular weight is 419 g/mol. The summed E-state index contributed by atoms with van der Waals surface area (Å²) in [6.07, 6.45) is 6.50. The molecule has 3 atom stereocenters. The number of ether oxygens (including phenoxy) is 2. The van der Waals surface area contributed by atoms with E-state index in [1.54, 1.807) is 6.20 Å². The van der Waals surface area contributed by atoms with Crippen LogP contribution in [0.1, 0.15) is 56.2 Å². The lowest BCUT2D eigenvalue weighted by molar-refractivity contribution is -0.0484. The Kier molecular flexibility index (Phi) is 5.55. The maximum Gasteiger partial charge on any atom is 0.181 e. The summed E-state index contributed by atoms with van der Waals surface area (Å²) in [5.74, 6) is 1.97. The van der Waals surface area contributed by atoms with Gasteiger partial charge in [0.25, 0.3) is 0 Å². The fourth-order valence-electron chi connectivity index (χ4n) is 5.15. The van der Waals surface area contributed by atoms with Crippen LogP contribution in [0.5, 0.6) is 5.75 Å². The Bertz CT molecular complexity index is 1000. The Balaban J connectivity index is 1.48. The second-order valence-corrected chi connectivity index (χ2v) is 8.96. The zero-order valence-corrected chi connectivity index (χ0v) is 18.2. The highest BCUT2D eigenvalue weighted by atomic mass is 16.5. The second kappa shape index (κ2) is 8.48. The fourth-order valence-corrected chi connectivity index (χ4v) is 5.15. The molecule has 1 aromatic heterocycles. The third kappa shape index (κ3) is 4.00. The van der Waals surface area contributed by atoms with Crippen molar-refractivity contribution in [3.05, 3.63) is 72.2 Å². The number of nitrogens with zero attached hydrogens (tertiary/aromatic N) is 1. The van der Waals surface area contributed by atoms with E-state index in [9.17, 15) is 0 Å². The lowest BCUT2D eigenvalue weighted by Crippen LogP contribution is -2.48. The summed E-state index contributed by atoms with van der Waals surface area (Å²) in [5, 5.41) is 3.74. The number of rotatable bonds is 5. The molecule has 1 N–H and O–H groups in total. The molecule has 2 aromatic carbocycles. The summed E-state index contributed by atoms with van der Waals surface area (Å²) in [6, 6.07) is 17.2. The molecule has 3 aromatic rings. The minimum Gasteiger partial charge on any atom is -0.491 e. The van der Waals surface area contributed by atoms with E-state index in [1.165, 1.54) is 17.5 Å². The van der Waals surface area contributed by atoms with Gasteiger partial charge in [0, 0.05) is 17.0 Å². The quantitative estimate of drug-likeness (QED) is 0.593. The Morgan fingerprint density at radius 2 is 2.03 bits per heavy atom. The van der Waals surface area contributed by atoms with E-state index in [1.807, 2.05) is 6.07 Å². The number of benzene rings is 2. The smallest absolute Gasteiger partial charge is 0.181 e. The molecule has 5 rings (SSSR count). The largest absolute Gasteiger partial charge is 0.491 e. The molecule has 0 bridgehead atoms. The van der Waals surface area contributed by atoms with E-state index in [-0.39, 0.29) is 23.7 Å². The van der Waals surface area contributed by atoms with Crippen LogP contribution >= 0.6 is 0 Å². The lowest BCUT2D eigenvalue weighted by Gasteiger charge is -2.41. The molecule has 0 radical (unpaired) electrons. The zero-order valence-electron chi connectivity index (χ0n) is 18.2. The van der Waals surface area contributed by atoms with Crippen LogP contribution in [-0.4, -0.2) is 29.8 Å². The summed E-state index contributed by atoms with van der Waals surface area (Å²) in [4.78, 5) is 4.08. The maximum atomic E-state index is 6.65. The van der Waals surface area contributed by atoms with Gasteiger partial charge in [0.15, 0.2) is 12.2 Å². The van der Waals surface area contributed by atoms with Gasteiger partial charge in [0.2, 0.25) is 0 Å². The molecule has 2 aliphatic heterocycles. The van der Waals surface area contributed by atoms with Crippen molar-refractivity contribution in [1.82, 2.24) is 10.3 Å². The Morgan fingerprint density at radius 1 is 1.16 bits per heavy atom. The summed E-state index contributed by atoms with van der Waals surface area (Å²) < 4.78 is 18.4. The molecule has 2 saturated heterocycles. The molecule has 0 unspecified atom stereocenters. The van der Waals surface area contributed by atoms with Crippen LogP contribution < -0.4 is 10.1 Å². The molecular formula is C26H30N2O3. The summed E-state index contributed by atoms with van der Waals surface area (Å²) in [6.45, 7) is 5.85. The number of piperidine rings is 1. The van der Waals surface area contributed by atoms with Crippen molar-refractivity contribution >= 4 is 0 Å². The van der Waals surface area contributed by atoms with Gasteiger partial charge in [-0.15, -0.1) is 0 Å². The first-order chi connectivity index (χ1) is 15.1. The number of hydrogen-bond donors (Lipinski definition) is 1. The molecular weight excluding hydrogens is 388 g/mol. The molecule has 1 spiro atoms. The van der Waals surface area contributed by atoms with Gasteiger partial charge < -0.3 is 19.2 Å². The van der Waals surface area contributed by atoms with E-state index >= 15 is 0 Å². The van der Waals surface area contributed by atoms with Gasteiger partial charge in [0.05, 0.1) is 30.6 Å². The Hall–Kier alpha value is -2.63. The molecule has 2 fully saturated rings. The van der Waals surface area contributed by atoms with Crippen molar-refractivity contribution < 1.29 is 13.9 Å². The Labute approximate surface area is 183 Å². The fraction of sp³-hybridized carbons (Fsp3) is 0.423. The molecule has 0 amide bonds. The van der Waals surface area contributed by atoms with Gasteiger partial charge in [-0.3, -0.25) is 0 Å². The van der Waals surface area contributed by atoms with E-state index in [2.05, 4.69) is 66.6 Å². The summed E-state index contributed by atoms with van der Waals surface area (Å²) in [5.41, 5.74) is 3.32. The van der Waals surface area contributed by atoms with Gasteiger partial charge in [-0.25, -0.2) is 4.98 Å². The topological polar surface area (TPSA) is 56.5 Å². The van der Waals surface area contributed by atoms with Gasteiger partial charge in [-0.2, -0.15) is 0 Å². The molecule has 3 heterocycles. The first-order valence-corrected chi connectivity index (χ1v) is 11.3. The van der Waals surface area contributed by atoms with Crippen molar-refractivity contribution in [3.8, 4) is 17.1 Å². The van der Waals surface area contributed by atoms with Gasteiger partial charge in [0.1, 0.15) is 5.75 Å². The highest BCUT2D eigenvalue weighted by Gasteiger charge is 2.49. The Morgan fingerprint density at radius 3 is 2.81 bits per heavy atom. The van der Waals surface area contributed by atoms with Gasteiger partial charge >= 0.3 is 0 Å². The monoisotopic (exact) mass is 418 g/mol. The first kappa shape index (κ1) is 20.3. The number of oxazole rings is 1. The number of hydrogen-bond acceptors (Lipinski definition) is 5. The van der Waals surface area contributed by atoms with Gasteiger partial charge in [-0.1, -0.05) is 30.3 Å². The molecule has 0 aliphatic carbocycles. The zero-order chi connectivity index (χ0) is 21.3. The number of nitrogens with one attached hydrogen (secondary N) is 1. The van der Waals surface area contributed by atoms with Crippen LogP contribution in [0.4, 0.5) is 0 Å². The summed E-state index contributed by atoms with van der Waals surface area (Å²) >= 11 is 0. The van der Waals surface area contributed by atoms with Crippen LogP contribution in [0.25, 0.3) is 11.3 Å². The molecule has 5 heteroatoms. The SMILES string of the molecule is CC(C)Oc1ccc(-c2cnco2)cc1[C@H]1CO[C@]2(CCCN[C@H]2c2ccccc2)C1. The van der Waals surface area contributed by atoms with E-state index in [0.29, 0.717) is 6.61 Å². The van der Waals surface area contributed by atoms with Crippen molar-refractivity contribution in [3.63, 3.8) is 0 Å². The standard InChI is InChI=1S/C26H30N2O3/c1-18(2)31-23-10-9-20(24-15-27-17-29-24)13-22(23)21-14-26(30-16-21)11-6-12-28-25(26)19-7-4-3-5-8-19/h3-5,7-10,13,15,17-18,21,25,28H,6,11-12,14,16H2,1-2H3/t21-,25+,26-/m1/s1.